The maximum Gasteiger partial charge on any atom is 0.219 e. The number of methoxy groups -OCH3 is 1. The Balaban J connectivity index is 0.00000204. The second-order valence-corrected chi connectivity index (χ2v) is 6.80. The fourth-order valence-corrected chi connectivity index (χ4v) is 3.29. The van der Waals surface area contributed by atoms with Gasteiger partial charge in [-0.1, -0.05) is 62.4 Å². The summed E-state index contributed by atoms with van der Waals surface area (Å²) < 4.78 is 5.41. The van der Waals surface area contributed by atoms with Crippen LogP contribution in [0.3, 0.4) is 0 Å². The van der Waals surface area contributed by atoms with Crippen LogP contribution in [0.1, 0.15) is 50.8 Å². The molecule has 2 aromatic rings. The van der Waals surface area contributed by atoms with E-state index in [0.717, 1.165) is 17.7 Å². The maximum absolute atomic E-state index is 12.2. The first-order valence-electron chi connectivity index (χ1n) is 10.3. The summed E-state index contributed by atoms with van der Waals surface area (Å²) in [6, 6.07) is 15.9. The van der Waals surface area contributed by atoms with Crippen molar-refractivity contribution in [1.29, 1.82) is 0 Å². The monoisotopic (exact) mass is 396 g/mol. The third kappa shape index (κ3) is 7.39. The van der Waals surface area contributed by atoms with Crippen molar-refractivity contribution in [3.05, 3.63) is 71.3 Å². The summed E-state index contributed by atoms with van der Waals surface area (Å²) in [6.45, 7) is 10.7. The molecule has 0 saturated carbocycles. The number of carbonyl (C=O) groups excluding carboxylic acids is 1. The van der Waals surface area contributed by atoms with Crippen molar-refractivity contribution in [1.82, 2.24) is 4.90 Å². The van der Waals surface area contributed by atoms with Crippen LogP contribution in [0, 0.1) is 6.92 Å². The molecular formula is C25H36N2O2. The number of rotatable bonds is 8. The Hall–Kier alpha value is -2.59. The Morgan fingerprint density at radius 3 is 2.34 bits per heavy atom. The predicted octanol–water partition coefficient (Wildman–Crippen LogP) is 5.20. The number of hydrogen-bond donors (Lipinski definition) is 1. The zero-order valence-corrected chi connectivity index (χ0v) is 18.7. The van der Waals surface area contributed by atoms with E-state index in [1.807, 2.05) is 57.2 Å². The van der Waals surface area contributed by atoms with Gasteiger partial charge in [-0.15, -0.1) is 0 Å². The smallest absolute Gasteiger partial charge is 0.219 e. The molecule has 0 spiro atoms. The fourth-order valence-electron chi connectivity index (χ4n) is 3.29. The van der Waals surface area contributed by atoms with E-state index in [4.69, 9.17) is 10.5 Å². The standard InChI is InChI=1S/C23H30N2O2.C2H6/c1-5-19(22-12-8-6-10-17(22)2)14-21(24)16-25(18(3)26)15-20-11-7-9-13-23(20)27-4;1-2/h5-13,21H,14-16,24H2,1-4H3;1-2H3/b19-5-;/t21-;/m1./s1. The average Bonchev–Trinajstić information content (AvgIpc) is 2.74. The molecule has 1 amide bonds. The highest BCUT2D eigenvalue weighted by Crippen LogP contribution is 2.24. The quantitative estimate of drug-likeness (QED) is 0.667. The average molecular weight is 397 g/mol. The predicted molar refractivity (Wildman–Crippen MR) is 123 cm³/mol. The number of hydrogen-bond acceptors (Lipinski definition) is 3. The first kappa shape index (κ1) is 24.4. The van der Waals surface area contributed by atoms with Crippen molar-refractivity contribution >= 4 is 11.5 Å². The zero-order chi connectivity index (χ0) is 21.8. The van der Waals surface area contributed by atoms with Crippen LogP contribution >= 0.6 is 0 Å². The Bertz CT molecular complexity index is 799. The molecule has 1 atom stereocenters. The molecule has 2 aromatic carbocycles. The van der Waals surface area contributed by atoms with Crippen LogP contribution in [0.25, 0.3) is 5.57 Å². The van der Waals surface area contributed by atoms with Crippen LogP contribution in [0.5, 0.6) is 5.75 Å². The Morgan fingerprint density at radius 1 is 1.14 bits per heavy atom. The number of allylic oxidation sites excluding steroid dienone is 1. The van der Waals surface area contributed by atoms with Gasteiger partial charge in [0.1, 0.15) is 5.75 Å². The third-order valence-electron chi connectivity index (χ3n) is 4.78. The van der Waals surface area contributed by atoms with Crippen molar-refractivity contribution in [2.75, 3.05) is 13.7 Å². The molecular weight excluding hydrogens is 360 g/mol. The van der Waals surface area contributed by atoms with Crippen molar-refractivity contribution in [3.63, 3.8) is 0 Å². The molecule has 0 heterocycles. The molecule has 4 nitrogen and oxygen atoms in total. The van der Waals surface area contributed by atoms with Gasteiger partial charge in [-0.3, -0.25) is 4.79 Å². The third-order valence-corrected chi connectivity index (χ3v) is 4.78. The number of benzene rings is 2. The highest BCUT2D eigenvalue weighted by molar-refractivity contribution is 5.73. The molecule has 4 heteroatoms. The first-order chi connectivity index (χ1) is 14.0. The minimum atomic E-state index is -0.144. The van der Waals surface area contributed by atoms with Crippen molar-refractivity contribution < 1.29 is 9.53 Å². The van der Waals surface area contributed by atoms with Crippen molar-refractivity contribution in [2.24, 2.45) is 5.73 Å². The molecule has 0 aliphatic carbocycles. The number of amides is 1. The second-order valence-electron chi connectivity index (χ2n) is 6.80. The summed E-state index contributed by atoms with van der Waals surface area (Å²) in [5.74, 6) is 0.792. The van der Waals surface area contributed by atoms with Gasteiger partial charge in [0.2, 0.25) is 5.91 Å². The van der Waals surface area contributed by atoms with Crippen LogP contribution < -0.4 is 10.5 Å². The summed E-state index contributed by atoms with van der Waals surface area (Å²) >= 11 is 0. The Morgan fingerprint density at radius 2 is 1.76 bits per heavy atom. The number of ether oxygens (including phenoxy) is 1. The van der Waals surface area contributed by atoms with E-state index < -0.39 is 0 Å². The lowest BCUT2D eigenvalue weighted by Crippen LogP contribution is -2.40. The highest BCUT2D eigenvalue weighted by atomic mass is 16.5. The van der Waals surface area contributed by atoms with Crippen molar-refractivity contribution in [2.45, 2.75) is 53.6 Å². The molecule has 2 rings (SSSR count). The Labute approximate surface area is 176 Å². The SMILES string of the molecule is C/C=C(/C[C@@H](N)CN(Cc1ccccc1OC)C(C)=O)c1ccccc1C.CC. The molecule has 0 radical (unpaired) electrons. The molecule has 0 bridgehead atoms. The topological polar surface area (TPSA) is 55.6 Å². The lowest BCUT2D eigenvalue weighted by atomic mass is 9.95. The van der Waals surface area contributed by atoms with Gasteiger partial charge in [0.25, 0.3) is 0 Å². The largest absolute Gasteiger partial charge is 0.496 e. The minimum absolute atomic E-state index is 0.00859. The highest BCUT2D eigenvalue weighted by Gasteiger charge is 2.17. The molecule has 0 fully saturated rings. The van der Waals surface area contributed by atoms with E-state index in [0.29, 0.717) is 13.1 Å². The van der Waals surface area contributed by atoms with E-state index >= 15 is 0 Å². The molecule has 0 saturated heterocycles. The first-order valence-corrected chi connectivity index (χ1v) is 10.3. The molecule has 0 aliphatic heterocycles. The van der Waals surface area contributed by atoms with Gasteiger partial charge in [-0.05, 0) is 43.0 Å². The van der Waals surface area contributed by atoms with E-state index in [1.165, 1.54) is 16.7 Å². The van der Waals surface area contributed by atoms with Crippen LogP contribution in [0.2, 0.25) is 0 Å². The summed E-state index contributed by atoms with van der Waals surface area (Å²) in [7, 11) is 1.64. The lowest BCUT2D eigenvalue weighted by Gasteiger charge is -2.26. The summed E-state index contributed by atoms with van der Waals surface area (Å²) in [5, 5.41) is 0. The molecule has 0 aliphatic rings. The normalized spacial score (nSPS) is 11.9. The van der Waals surface area contributed by atoms with Crippen LogP contribution in [0.4, 0.5) is 0 Å². The van der Waals surface area contributed by atoms with Gasteiger partial charge in [0.15, 0.2) is 0 Å². The summed E-state index contributed by atoms with van der Waals surface area (Å²) in [6.07, 6.45) is 2.83. The van der Waals surface area contributed by atoms with Crippen LogP contribution in [-0.2, 0) is 11.3 Å². The number of aryl methyl sites for hydroxylation is 1. The number of para-hydroxylation sites is 1. The van der Waals surface area contributed by atoms with Crippen LogP contribution in [0.15, 0.2) is 54.6 Å². The van der Waals surface area contributed by atoms with Crippen molar-refractivity contribution in [3.8, 4) is 5.75 Å². The second kappa shape index (κ2) is 12.8. The summed E-state index contributed by atoms with van der Waals surface area (Å²) in [5.41, 5.74) is 11.1. The lowest BCUT2D eigenvalue weighted by molar-refractivity contribution is -0.129. The fraction of sp³-hybridized carbons (Fsp3) is 0.400. The van der Waals surface area contributed by atoms with E-state index in [-0.39, 0.29) is 11.9 Å². The molecule has 29 heavy (non-hydrogen) atoms. The minimum Gasteiger partial charge on any atom is -0.496 e. The van der Waals surface area contributed by atoms with Crippen LogP contribution in [-0.4, -0.2) is 30.5 Å². The van der Waals surface area contributed by atoms with Gasteiger partial charge in [0, 0.05) is 31.6 Å². The van der Waals surface area contributed by atoms with Gasteiger partial charge >= 0.3 is 0 Å². The van der Waals surface area contributed by atoms with Gasteiger partial charge in [0.05, 0.1) is 7.11 Å². The summed E-state index contributed by atoms with van der Waals surface area (Å²) in [4.78, 5) is 14.0. The number of carbonyl (C=O) groups is 1. The Kier molecular flexibility index (Phi) is 10.8. The molecule has 0 aromatic heterocycles. The maximum atomic E-state index is 12.2. The molecule has 0 unspecified atom stereocenters. The molecule has 2 N–H and O–H groups in total. The molecule has 158 valence electrons. The van der Waals surface area contributed by atoms with Gasteiger partial charge in [-0.25, -0.2) is 0 Å². The van der Waals surface area contributed by atoms with E-state index in [9.17, 15) is 4.79 Å². The van der Waals surface area contributed by atoms with E-state index in [2.05, 4.69) is 25.1 Å². The van der Waals surface area contributed by atoms with Gasteiger partial charge in [-0.2, -0.15) is 0 Å². The number of nitrogens with two attached hydrogens (primary N) is 1. The van der Waals surface area contributed by atoms with E-state index in [1.54, 1.807) is 18.9 Å². The number of nitrogens with zero attached hydrogens (tertiary/aromatic N) is 1. The zero-order valence-electron chi connectivity index (χ0n) is 18.7. The van der Waals surface area contributed by atoms with Gasteiger partial charge < -0.3 is 15.4 Å².